The predicted octanol–water partition coefficient (Wildman–Crippen LogP) is 2.29. The fourth-order valence-corrected chi connectivity index (χ4v) is 1.89. The van der Waals surface area contributed by atoms with Crippen molar-refractivity contribution in [3.8, 4) is 0 Å². The van der Waals surface area contributed by atoms with Crippen molar-refractivity contribution >= 4 is 5.91 Å². The Morgan fingerprint density at radius 2 is 2.44 bits per heavy atom. The van der Waals surface area contributed by atoms with E-state index >= 15 is 0 Å². The van der Waals surface area contributed by atoms with E-state index in [4.69, 9.17) is 0 Å². The molecule has 0 atom stereocenters. The van der Waals surface area contributed by atoms with E-state index in [9.17, 15) is 4.79 Å². The van der Waals surface area contributed by atoms with Crippen LogP contribution in [0.15, 0.2) is 28.6 Å². The molecule has 1 aliphatic carbocycles. The van der Waals surface area contributed by atoms with E-state index in [-0.39, 0.29) is 5.91 Å². The van der Waals surface area contributed by atoms with Crippen molar-refractivity contribution in [1.29, 1.82) is 0 Å². The summed E-state index contributed by atoms with van der Waals surface area (Å²) in [6.07, 6.45) is 11.0. The lowest BCUT2D eigenvalue weighted by atomic mass is 9.97. The largest absolute Gasteiger partial charge is 0.364 e. The van der Waals surface area contributed by atoms with Crippen LogP contribution in [0.3, 0.4) is 0 Å². The van der Waals surface area contributed by atoms with Gasteiger partial charge in [0.15, 0.2) is 0 Å². The molecule has 16 heavy (non-hydrogen) atoms. The van der Waals surface area contributed by atoms with Gasteiger partial charge in [-0.25, -0.2) is 0 Å². The van der Waals surface area contributed by atoms with Crippen LogP contribution < -0.4 is 5.32 Å². The maximum absolute atomic E-state index is 11.5. The Morgan fingerprint density at radius 3 is 3.12 bits per heavy atom. The Labute approximate surface area is 94.7 Å². The van der Waals surface area contributed by atoms with Gasteiger partial charge in [-0.15, -0.1) is 0 Å². The number of nitrogens with one attached hydrogen (secondary N) is 1. The van der Waals surface area contributed by atoms with Crippen LogP contribution in [0.5, 0.6) is 0 Å². The van der Waals surface area contributed by atoms with Crippen LogP contribution in [0.25, 0.3) is 0 Å². The lowest BCUT2D eigenvalue weighted by Gasteiger charge is -2.12. The average Bonchev–Trinajstić information content (AvgIpc) is 2.84. The van der Waals surface area contributed by atoms with E-state index < -0.39 is 0 Å². The van der Waals surface area contributed by atoms with E-state index in [0.29, 0.717) is 12.1 Å². The van der Waals surface area contributed by atoms with Crippen LogP contribution in [0, 0.1) is 0 Å². The summed E-state index contributed by atoms with van der Waals surface area (Å²) in [4.78, 5) is 11.5. The molecule has 86 valence electrons. The van der Waals surface area contributed by atoms with E-state index in [2.05, 4.69) is 21.1 Å². The second-order valence-corrected chi connectivity index (χ2v) is 4.03. The monoisotopic (exact) mass is 220 g/mol. The van der Waals surface area contributed by atoms with Gasteiger partial charge < -0.3 is 9.84 Å². The average molecular weight is 220 g/mol. The number of hydrogen-bond acceptors (Lipinski definition) is 3. The number of carbonyl (C=O) groups is 1. The van der Waals surface area contributed by atoms with Gasteiger partial charge in [-0.1, -0.05) is 16.8 Å². The number of amides is 1. The van der Waals surface area contributed by atoms with Gasteiger partial charge in [-0.05, 0) is 32.1 Å². The lowest BCUT2D eigenvalue weighted by Crippen LogP contribution is -2.24. The zero-order chi connectivity index (χ0) is 11.2. The first-order valence-corrected chi connectivity index (χ1v) is 5.72. The molecule has 1 heterocycles. The first-order chi connectivity index (χ1) is 7.86. The highest BCUT2D eigenvalue weighted by atomic mass is 16.5. The van der Waals surface area contributed by atoms with Gasteiger partial charge in [0.2, 0.25) is 0 Å². The maximum atomic E-state index is 11.5. The van der Waals surface area contributed by atoms with Crippen LogP contribution >= 0.6 is 0 Å². The summed E-state index contributed by atoms with van der Waals surface area (Å²) in [6.45, 7) is 0.690. The topological polar surface area (TPSA) is 55.1 Å². The number of rotatable bonds is 4. The molecule has 4 heteroatoms. The van der Waals surface area contributed by atoms with Crippen molar-refractivity contribution in [3.05, 3.63) is 29.7 Å². The minimum absolute atomic E-state index is 0.113. The molecule has 1 amide bonds. The van der Waals surface area contributed by atoms with Crippen LogP contribution in [-0.2, 0) is 0 Å². The van der Waals surface area contributed by atoms with Crippen molar-refractivity contribution in [3.63, 3.8) is 0 Å². The fourth-order valence-electron chi connectivity index (χ4n) is 1.89. The van der Waals surface area contributed by atoms with Crippen LogP contribution in [0.2, 0.25) is 0 Å². The summed E-state index contributed by atoms with van der Waals surface area (Å²) in [6, 6.07) is 0. The first-order valence-electron chi connectivity index (χ1n) is 5.72. The van der Waals surface area contributed by atoms with Gasteiger partial charge in [0, 0.05) is 6.54 Å². The summed E-state index contributed by atoms with van der Waals surface area (Å²) in [5.41, 5.74) is 1.95. The maximum Gasteiger partial charge on any atom is 0.256 e. The molecule has 0 fully saturated rings. The molecule has 1 N–H and O–H groups in total. The number of nitrogens with zero attached hydrogens (tertiary/aromatic N) is 1. The molecule has 0 spiro atoms. The molecule has 0 saturated carbocycles. The van der Waals surface area contributed by atoms with Gasteiger partial charge in [0.05, 0.1) is 11.8 Å². The third-order valence-electron chi connectivity index (χ3n) is 2.81. The second kappa shape index (κ2) is 5.49. The Balaban J connectivity index is 1.72. The van der Waals surface area contributed by atoms with E-state index in [1.165, 1.54) is 43.7 Å². The molecule has 4 nitrogen and oxygen atoms in total. The summed E-state index contributed by atoms with van der Waals surface area (Å²) in [5.74, 6) is -0.113. The Morgan fingerprint density at radius 1 is 1.50 bits per heavy atom. The molecule has 1 aromatic heterocycles. The zero-order valence-electron chi connectivity index (χ0n) is 9.24. The summed E-state index contributed by atoms with van der Waals surface area (Å²) in [7, 11) is 0. The van der Waals surface area contributed by atoms with Crippen molar-refractivity contribution in [2.75, 3.05) is 6.54 Å². The summed E-state index contributed by atoms with van der Waals surface area (Å²) in [5, 5.41) is 6.35. The predicted molar refractivity (Wildman–Crippen MR) is 60.0 cm³/mol. The van der Waals surface area contributed by atoms with Gasteiger partial charge >= 0.3 is 0 Å². The molecule has 0 aliphatic heterocycles. The highest BCUT2D eigenvalue weighted by Crippen LogP contribution is 2.19. The lowest BCUT2D eigenvalue weighted by molar-refractivity contribution is 0.0953. The number of allylic oxidation sites excluding steroid dienone is 1. The first kappa shape index (κ1) is 10.9. The van der Waals surface area contributed by atoms with Gasteiger partial charge in [-0.2, -0.15) is 0 Å². The van der Waals surface area contributed by atoms with E-state index in [0.717, 1.165) is 6.42 Å². The smallest absolute Gasteiger partial charge is 0.256 e. The van der Waals surface area contributed by atoms with Gasteiger partial charge in [0.1, 0.15) is 6.26 Å². The normalized spacial score (nSPS) is 15.6. The van der Waals surface area contributed by atoms with E-state index in [1.807, 2.05) is 0 Å². The van der Waals surface area contributed by atoms with Crippen molar-refractivity contribution in [1.82, 2.24) is 10.5 Å². The molecular weight excluding hydrogens is 204 g/mol. The quantitative estimate of drug-likeness (QED) is 0.792. The number of aromatic nitrogens is 1. The Hall–Kier alpha value is -1.58. The Bertz CT molecular complexity index is 368. The minimum atomic E-state index is -0.113. The number of carbonyl (C=O) groups excluding carboxylic acids is 1. The van der Waals surface area contributed by atoms with Crippen LogP contribution in [0.1, 0.15) is 42.5 Å². The molecule has 0 saturated heterocycles. The molecule has 0 bridgehead atoms. The zero-order valence-corrected chi connectivity index (χ0v) is 9.24. The molecule has 1 aromatic rings. The SMILES string of the molecule is O=C(NCCC1=CCCCC1)c1cnoc1. The fraction of sp³-hybridized carbons (Fsp3) is 0.500. The van der Waals surface area contributed by atoms with Crippen molar-refractivity contribution in [2.24, 2.45) is 0 Å². The molecular formula is C12H16N2O2. The highest BCUT2D eigenvalue weighted by Gasteiger charge is 2.08. The molecule has 1 aliphatic rings. The number of hydrogen-bond donors (Lipinski definition) is 1. The summed E-state index contributed by atoms with van der Waals surface area (Å²) < 4.78 is 4.61. The molecule has 0 aromatic carbocycles. The molecule has 0 radical (unpaired) electrons. The molecule has 2 rings (SSSR count). The van der Waals surface area contributed by atoms with Crippen LogP contribution in [0.4, 0.5) is 0 Å². The minimum Gasteiger partial charge on any atom is -0.364 e. The van der Waals surface area contributed by atoms with Crippen molar-refractivity contribution in [2.45, 2.75) is 32.1 Å². The molecule has 0 unspecified atom stereocenters. The Kier molecular flexibility index (Phi) is 3.75. The van der Waals surface area contributed by atoms with Crippen molar-refractivity contribution < 1.29 is 9.32 Å². The third kappa shape index (κ3) is 2.95. The second-order valence-electron chi connectivity index (χ2n) is 4.03. The van der Waals surface area contributed by atoms with Crippen LogP contribution in [-0.4, -0.2) is 17.6 Å². The third-order valence-corrected chi connectivity index (χ3v) is 2.81. The van der Waals surface area contributed by atoms with Gasteiger partial charge in [-0.3, -0.25) is 4.79 Å². The highest BCUT2D eigenvalue weighted by molar-refractivity contribution is 5.93. The summed E-state index contributed by atoms with van der Waals surface area (Å²) >= 11 is 0. The van der Waals surface area contributed by atoms with E-state index in [1.54, 1.807) is 0 Å². The van der Waals surface area contributed by atoms with Gasteiger partial charge in [0.25, 0.3) is 5.91 Å². The standard InChI is InChI=1S/C12H16N2O2/c15-12(11-8-14-16-9-11)13-7-6-10-4-2-1-3-5-10/h4,8-9H,1-3,5-7H2,(H,13,15).